The molecule has 0 saturated carbocycles. The number of hydrogen-bond acceptors (Lipinski definition) is 5. The molecule has 0 bridgehead atoms. The third-order valence-corrected chi connectivity index (χ3v) is 7.94. The minimum absolute atomic E-state index is 0.120. The third-order valence-electron chi connectivity index (χ3n) is 7.94. The lowest BCUT2D eigenvalue weighted by Crippen LogP contribution is -2.49. The Morgan fingerprint density at radius 2 is 1.69 bits per heavy atom. The van der Waals surface area contributed by atoms with Gasteiger partial charge < -0.3 is 0 Å². The number of piperazine rings is 1. The third kappa shape index (κ3) is 6.63. The van der Waals surface area contributed by atoms with Gasteiger partial charge in [-0.25, -0.2) is 0 Å². The van der Waals surface area contributed by atoms with Crippen LogP contribution in [-0.4, -0.2) is 62.7 Å². The highest BCUT2D eigenvalue weighted by Crippen LogP contribution is 2.36. The van der Waals surface area contributed by atoms with Crippen LogP contribution < -0.4 is 0 Å². The van der Waals surface area contributed by atoms with Crippen molar-refractivity contribution in [2.45, 2.75) is 46.6 Å². The molecule has 1 fully saturated rings. The van der Waals surface area contributed by atoms with Crippen molar-refractivity contribution in [3.63, 3.8) is 0 Å². The summed E-state index contributed by atoms with van der Waals surface area (Å²) in [4.78, 5) is 5.16. The molecule has 5 rings (SSSR count). The zero-order valence-corrected chi connectivity index (χ0v) is 23.9. The summed E-state index contributed by atoms with van der Waals surface area (Å²) in [5, 5.41) is 13.4. The summed E-state index contributed by atoms with van der Waals surface area (Å²) >= 11 is 0. The SMILES string of the molecule is Cc1cccc(C)c1-n1nnnc1[C@H](C1C=CC(CC(C)C)=CC1)N1CCN(C/C=C/c2ccccc2)CC1. The van der Waals surface area contributed by atoms with Crippen LogP contribution in [0.3, 0.4) is 0 Å². The van der Waals surface area contributed by atoms with Gasteiger partial charge in [-0.05, 0) is 59.7 Å². The fourth-order valence-electron chi connectivity index (χ4n) is 5.97. The van der Waals surface area contributed by atoms with Crippen molar-refractivity contribution >= 4 is 6.08 Å². The van der Waals surface area contributed by atoms with Crippen molar-refractivity contribution in [3.05, 3.63) is 101 Å². The van der Waals surface area contributed by atoms with Gasteiger partial charge in [0.2, 0.25) is 0 Å². The van der Waals surface area contributed by atoms with Gasteiger partial charge in [-0.2, -0.15) is 4.68 Å². The van der Waals surface area contributed by atoms with Gasteiger partial charge in [-0.1, -0.05) is 98.3 Å². The van der Waals surface area contributed by atoms with Crippen LogP contribution in [0.15, 0.2) is 78.4 Å². The summed E-state index contributed by atoms with van der Waals surface area (Å²) in [5.74, 6) is 1.94. The molecular weight excluding hydrogens is 480 g/mol. The van der Waals surface area contributed by atoms with Crippen LogP contribution in [0.4, 0.5) is 0 Å². The number of aryl methyl sites for hydroxylation is 2. The molecule has 39 heavy (non-hydrogen) atoms. The van der Waals surface area contributed by atoms with E-state index in [2.05, 4.69) is 132 Å². The average Bonchev–Trinajstić information content (AvgIpc) is 3.40. The maximum atomic E-state index is 4.68. The lowest BCUT2D eigenvalue weighted by atomic mass is 9.86. The Morgan fingerprint density at radius 1 is 0.949 bits per heavy atom. The fraction of sp³-hybridized carbons (Fsp3) is 0.424. The number of allylic oxidation sites excluding steroid dienone is 3. The van der Waals surface area contributed by atoms with Gasteiger partial charge in [0.25, 0.3) is 0 Å². The number of benzene rings is 2. The second-order valence-electron chi connectivity index (χ2n) is 11.4. The van der Waals surface area contributed by atoms with E-state index < -0.39 is 0 Å². The molecule has 6 nitrogen and oxygen atoms in total. The van der Waals surface area contributed by atoms with E-state index in [-0.39, 0.29) is 6.04 Å². The van der Waals surface area contributed by atoms with Gasteiger partial charge in [-0.3, -0.25) is 9.80 Å². The summed E-state index contributed by atoms with van der Waals surface area (Å²) in [7, 11) is 0. The van der Waals surface area contributed by atoms with E-state index in [0.717, 1.165) is 57.1 Å². The minimum Gasteiger partial charge on any atom is -0.297 e. The topological polar surface area (TPSA) is 50.1 Å². The molecule has 1 saturated heterocycles. The molecule has 1 aliphatic heterocycles. The first kappa shape index (κ1) is 27.2. The number of tetrazole rings is 1. The van der Waals surface area contributed by atoms with Crippen molar-refractivity contribution in [1.82, 2.24) is 30.0 Å². The van der Waals surface area contributed by atoms with E-state index >= 15 is 0 Å². The van der Waals surface area contributed by atoms with E-state index in [4.69, 9.17) is 0 Å². The lowest BCUT2D eigenvalue weighted by molar-refractivity contribution is 0.0784. The molecule has 6 heteroatoms. The van der Waals surface area contributed by atoms with Crippen LogP contribution in [0.1, 0.15) is 55.2 Å². The Kier molecular flexibility index (Phi) is 8.84. The van der Waals surface area contributed by atoms with Crippen molar-refractivity contribution in [2.24, 2.45) is 11.8 Å². The second kappa shape index (κ2) is 12.7. The maximum absolute atomic E-state index is 4.68. The summed E-state index contributed by atoms with van der Waals surface area (Å²) in [5.41, 5.74) is 6.18. The summed E-state index contributed by atoms with van der Waals surface area (Å²) in [6.07, 6.45) is 13.9. The molecule has 3 aromatic rings. The van der Waals surface area contributed by atoms with Crippen molar-refractivity contribution in [2.75, 3.05) is 32.7 Å². The van der Waals surface area contributed by atoms with Crippen LogP contribution in [0.25, 0.3) is 11.8 Å². The van der Waals surface area contributed by atoms with Gasteiger partial charge in [0.1, 0.15) is 0 Å². The van der Waals surface area contributed by atoms with Gasteiger partial charge in [0, 0.05) is 38.6 Å². The highest BCUT2D eigenvalue weighted by Gasteiger charge is 2.35. The highest BCUT2D eigenvalue weighted by atomic mass is 15.6. The number of rotatable bonds is 9. The van der Waals surface area contributed by atoms with E-state index in [0.29, 0.717) is 11.8 Å². The van der Waals surface area contributed by atoms with Crippen LogP contribution in [0, 0.1) is 25.7 Å². The molecule has 0 amide bonds. The Balaban J connectivity index is 1.36. The first-order valence-corrected chi connectivity index (χ1v) is 14.4. The maximum Gasteiger partial charge on any atom is 0.174 e. The minimum atomic E-state index is 0.120. The van der Waals surface area contributed by atoms with Crippen molar-refractivity contribution in [1.29, 1.82) is 0 Å². The van der Waals surface area contributed by atoms with Gasteiger partial charge in [0.15, 0.2) is 5.82 Å². The quantitative estimate of drug-likeness (QED) is 0.335. The molecule has 0 N–H and O–H groups in total. The predicted octanol–water partition coefficient (Wildman–Crippen LogP) is 6.20. The van der Waals surface area contributed by atoms with Crippen LogP contribution in [0.5, 0.6) is 0 Å². The van der Waals surface area contributed by atoms with Gasteiger partial charge >= 0.3 is 0 Å². The van der Waals surface area contributed by atoms with Crippen molar-refractivity contribution < 1.29 is 0 Å². The van der Waals surface area contributed by atoms with E-state index in [1.54, 1.807) is 0 Å². The normalized spacial score (nSPS) is 19.6. The Hall–Kier alpha value is -3.35. The standard InChI is InChI=1S/C33H42N6/c1-25(2)24-29-15-17-30(18-16-29)32(33-34-35-36-39(33)31-26(3)10-8-11-27(31)4)38-22-20-37(21-23-38)19-9-14-28-12-6-5-7-13-28/h5-17,25,30,32H,18-24H2,1-4H3/b14-9+/t30?,32-/m0/s1. The molecular formula is C33H42N6. The Bertz CT molecular complexity index is 1290. The molecule has 204 valence electrons. The second-order valence-corrected chi connectivity index (χ2v) is 11.4. The Morgan fingerprint density at radius 3 is 2.36 bits per heavy atom. The van der Waals surface area contributed by atoms with Gasteiger partial charge in [0.05, 0.1) is 11.7 Å². The zero-order valence-electron chi connectivity index (χ0n) is 23.9. The number of aromatic nitrogens is 4. The highest BCUT2D eigenvalue weighted by molar-refractivity contribution is 5.49. The first-order chi connectivity index (χ1) is 19.0. The molecule has 2 atom stereocenters. The van der Waals surface area contributed by atoms with Gasteiger partial charge in [-0.15, -0.1) is 5.10 Å². The molecule has 1 aromatic heterocycles. The molecule has 2 aromatic carbocycles. The number of hydrogen-bond donors (Lipinski definition) is 0. The largest absolute Gasteiger partial charge is 0.297 e. The fourth-order valence-corrected chi connectivity index (χ4v) is 5.97. The lowest BCUT2D eigenvalue weighted by Gasteiger charge is -2.41. The van der Waals surface area contributed by atoms with Crippen LogP contribution >= 0.6 is 0 Å². The number of nitrogens with zero attached hydrogens (tertiary/aromatic N) is 6. The Labute approximate surface area is 233 Å². The number of para-hydroxylation sites is 1. The molecule has 2 aliphatic rings. The average molecular weight is 523 g/mol. The summed E-state index contributed by atoms with van der Waals surface area (Å²) in [6.45, 7) is 13.9. The van der Waals surface area contributed by atoms with Crippen LogP contribution in [0.2, 0.25) is 0 Å². The predicted molar refractivity (Wildman–Crippen MR) is 160 cm³/mol. The molecule has 2 heterocycles. The molecule has 0 spiro atoms. The molecule has 1 unspecified atom stereocenters. The first-order valence-electron chi connectivity index (χ1n) is 14.4. The van der Waals surface area contributed by atoms with E-state index in [1.165, 1.54) is 22.3 Å². The molecule has 1 aliphatic carbocycles. The summed E-state index contributed by atoms with van der Waals surface area (Å²) in [6, 6.07) is 17.1. The summed E-state index contributed by atoms with van der Waals surface area (Å²) < 4.78 is 2.01. The van der Waals surface area contributed by atoms with Crippen LogP contribution in [-0.2, 0) is 0 Å². The monoisotopic (exact) mass is 522 g/mol. The smallest absolute Gasteiger partial charge is 0.174 e. The van der Waals surface area contributed by atoms with Crippen molar-refractivity contribution in [3.8, 4) is 5.69 Å². The van der Waals surface area contributed by atoms with E-state index in [1.807, 2.05) is 4.68 Å². The van der Waals surface area contributed by atoms with E-state index in [9.17, 15) is 0 Å². The molecule has 0 radical (unpaired) electrons. The zero-order chi connectivity index (χ0) is 27.2.